The van der Waals surface area contributed by atoms with Gasteiger partial charge in [-0.3, -0.25) is 9.89 Å². The summed E-state index contributed by atoms with van der Waals surface area (Å²) < 4.78 is 0.785. The van der Waals surface area contributed by atoms with Crippen LogP contribution in [0.1, 0.15) is 16.1 Å². The van der Waals surface area contributed by atoms with Crippen LogP contribution in [0.15, 0.2) is 29.0 Å². The molecular weight excluding hydrogens is 286 g/mol. The SMILES string of the molecule is N#Cc1cn[nH]c1NC(=O)c1ccc(Br)cn1. The maximum Gasteiger partial charge on any atom is 0.275 e. The van der Waals surface area contributed by atoms with Gasteiger partial charge < -0.3 is 5.32 Å². The molecule has 0 bridgehead atoms. The number of carbonyl (C=O) groups is 1. The summed E-state index contributed by atoms with van der Waals surface area (Å²) >= 11 is 3.22. The highest BCUT2D eigenvalue weighted by Gasteiger charge is 2.11. The molecule has 0 aromatic carbocycles. The highest BCUT2D eigenvalue weighted by atomic mass is 79.9. The number of halogens is 1. The van der Waals surface area contributed by atoms with Crippen LogP contribution in [-0.2, 0) is 0 Å². The van der Waals surface area contributed by atoms with Gasteiger partial charge in [0.25, 0.3) is 5.91 Å². The van der Waals surface area contributed by atoms with E-state index < -0.39 is 5.91 Å². The molecule has 2 aromatic rings. The lowest BCUT2D eigenvalue weighted by Gasteiger charge is -2.02. The molecule has 17 heavy (non-hydrogen) atoms. The Morgan fingerprint density at radius 2 is 2.29 bits per heavy atom. The number of anilines is 1. The van der Waals surface area contributed by atoms with Crippen molar-refractivity contribution < 1.29 is 4.79 Å². The fourth-order valence-electron chi connectivity index (χ4n) is 1.15. The van der Waals surface area contributed by atoms with Crippen molar-refractivity contribution in [3.8, 4) is 6.07 Å². The van der Waals surface area contributed by atoms with Gasteiger partial charge in [0.05, 0.1) is 6.20 Å². The first kappa shape index (κ1) is 11.3. The minimum absolute atomic E-state index is 0.256. The Morgan fingerprint density at radius 1 is 1.47 bits per heavy atom. The number of hydrogen-bond donors (Lipinski definition) is 2. The molecule has 6 nitrogen and oxygen atoms in total. The van der Waals surface area contributed by atoms with E-state index in [-0.39, 0.29) is 17.1 Å². The van der Waals surface area contributed by atoms with Crippen molar-refractivity contribution in [3.05, 3.63) is 40.3 Å². The lowest BCUT2D eigenvalue weighted by molar-refractivity contribution is 0.102. The molecule has 0 spiro atoms. The zero-order valence-corrected chi connectivity index (χ0v) is 10.0. The number of pyridine rings is 1. The number of nitrogens with one attached hydrogen (secondary N) is 2. The van der Waals surface area contributed by atoms with E-state index in [2.05, 4.69) is 36.4 Å². The van der Waals surface area contributed by atoms with Gasteiger partial charge in [0.15, 0.2) is 0 Å². The third-order valence-corrected chi connectivity index (χ3v) is 2.43. The van der Waals surface area contributed by atoms with Gasteiger partial charge in [-0.25, -0.2) is 4.98 Å². The van der Waals surface area contributed by atoms with Crippen LogP contribution >= 0.6 is 15.9 Å². The smallest absolute Gasteiger partial charge is 0.275 e. The van der Waals surface area contributed by atoms with Crippen molar-refractivity contribution in [2.45, 2.75) is 0 Å². The van der Waals surface area contributed by atoms with E-state index in [1.165, 1.54) is 12.4 Å². The molecule has 2 N–H and O–H groups in total. The minimum atomic E-state index is -0.404. The summed E-state index contributed by atoms with van der Waals surface area (Å²) in [6.45, 7) is 0. The van der Waals surface area contributed by atoms with E-state index >= 15 is 0 Å². The minimum Gasteiger partial charge on any atom is -0.304 e. The fraction of sp³-hybridized carbons (Fsp3) is 0. The Labute approximate surface area is 105 Å². The van der Waals surface area contributed by atoms with Crippen LogP contribution in [0, 0.1) is 11.3 Å². The van der Waals surface area contributed by atoms with Crippen LogP contribution in [0.4, 0.5) is 5.82 Å². The van der Waals surface area contributed by atoms with E-state index in [1.807, 2.05) is 6.07 Å². The standard InChI is InChI=1S/C10H6BrN5O/c11-7-1-2-8(13-5-7)10(17)15-9-6(3-12)4-14-16-9/h1-2,4-5H,(H2,14,15,16,17). The van der Waals surface area contributed by atoms with Crippen molar-refractivity contribution in [2.75, 3.05) is 5.32 Å². The van der Waals surface area contributed by atoms with Gasteiger partial charge >= 0.3 is 0 Å². The second-order valence-corrected chi connectivity index (χ2v) is 4.00. The molecular formula is C10H6BrN5O. The van der Waals surface area contributed by atoms with Gasteiger partial charge in [0.2, 0.25) is 0 Å². The zero-order chi connectivity index (χ0) is 12.3. The van der Waals surface area contributed by atoms with Crippen LogP contribution in [0.25, 0.3) is 0 Å². The average Bonchev–Trinajstić information content (AvgIpc) is 2.77. The van der Waals surface area contributed by atoms with E-state index in [9.17, 15) is 4.79 Å². The molecule has 2 heterocycles. The molecule has 0 radical (unpaired) electrons. The van der Waals surface area contributed by atoms with Crippen LogP contribution in [0.2, 0.25) is 0 Å². The molecule has 2 rings (SSSR count). The van der Waals surface area contributed by atoms with Gasteiger partial charge in [-0.2, -0.15) is 10.4 Å². The first-order chi connectivity index (χ1) is 8.20. The van der Waals surface area contributed by atoms with E-state index in [4.69, 9.17) is 5.26 Å². The van der Waals surface area contributed by atoms with E-state index in [0.29, 0.717) is 0 Å². The van der Waals surface area contributed by atoms with Crippen LogP contribution in [0.3, 0.4) is 0 Å². The van der Waals surface area contributed by atoms with Gasteiger partial charge in [-0.05, 0) is 28.1 Å². The molecule has 0 fully saturated rings. The van der Waals surface area contributed by atoms with Gasteiger partial charge in [0.1, 0.15) is 23.1 Å². The second kappa shape index (κ2) is 4.76. The topological polar surface area (TPSA) is 94.5 Å². The molecule has 7 heteroatoms. The van der Waals surface area contributed by atoms with Crippen molar-refractivity contribution in [1.29, 1.82) is 5.26 Å². The lowest BCUT2D eigenvalue weighted by atomic mass is 10.3. The largest absolute Gasteiger partial charge is 0.304 e. The normalized spacial score (nSPS) is 9.65. The number of nitriles is 1. The van der Waals surface area contributed by atoms with Crippen molar-refractivity contribution >= 4 is 27.7 Å². The monoisotopic (exact) mass is 291 g/mol. The maximum absolute atomic E-state index is 11.7. The first-order valence-electron chi connectivity index (χ1n) is 4.57. The molecule has 0 saturated carbocycles. The molecule has 0 saturated heterocycles. The average molecular weight is 292 g/mol. The number of rotatable bonds is 2. The molecule has 0 aliphatic rings. The van der Waals surface area contributed by atoms with Gasteiger partial charge in [-0.15, -0.1) is 0 Å². The third kappa shape index (κ3) is 2.49. The Bertz CT molecular complexity index is 583. The van der Waals surface area contributed by atoms with Crippen molar-refractivity contribution in [3.63, 3.8) is 0 Å². The van der Waals surface area contributed by atoms with Crippen molar-refractivity contribution in [2.24, 2.45) is 0 Å². The number of aromatic amines is 1. The molecule has 0 atom stereocenters. The van der Waals surface area contributed by atoms with Crippen LogP contribution in [-0.4, -0.2) is 21.1 Å². The highest BCUT2D eigenvalue weighted by Crippen LogP contribution is 2.12. The Hall–Kier alpha value is -2.20. The summed E-state index contributed by atoms with van der Waals surface area (Å²) in [7, 11) is 0. The number of carbonyl (C=O) groups excluding carboxylic acids is 1. The van der Waals surface area contributed by atoms with E-state index in [0.717, 1.165) is 4.47 Å². The summed E-state index contributed by atoms with van der Waals surface area (Å²) in [4.78, 5) is 15.7. The number of aromatic nitrogens is 3. The van der Waals surface area contributed by atoms with Gasteiger partial charge in [0, 0.05) is 10.7 Å². The summed E-state index contributed by atoms with van der Waals surface area (Å²) in [5.41, 5.74) is 0.530. The Kier molecular flexibility index (Phi) is 3.16. The summed E-state index contributed by atoms with van der Waals surface area (Å²) in [6.07, 6.45) is 2.86. The highest BCUT2D eigenvalue weighted by molar-refractivity contribution is 9.10. The zero-order valence-electron chi connectivity index (χ0n) is 8.44. The van der Waals surface area contributed by atoms with E-state index in [1.54, 1.807) is 12.1 Å². The molecule has 1 amide bonds. The first-order valence-corrected chi connectivity index (χ1v) is 5.36. The number of nitrogens with zero attached hydrogens (tertiary/aromatic N) is 3. The Morgan fingerprint density at radius 3 is 2.94 bits per heavy atom. The molecule has 2 aromatic heterocycles. The van der Waals surface area contributed by atoms with Crippen LogP contribution in [0.5, 0.6) is 0 Å². The molecule has 84 valence electrons. The second-order valence-electron chi connectivity index (χ2n) is 3.09. The fourth-order valence-corrected chi connectivity index (χ4v) is 1.39. The number of hydrogen-bond acceptors (Lipinski definition) is 4. The number of amides is 1. The molecule has 0 aliphatic heterocycles. The predicted molar refractivity (Wildman–Crippen MR) is 63.2 cm³/mol. The summed E-state index contributed by atoms with van der Waals surface area (Å²) in [5, 5.41) is 17.5. The Balaban J connectivity index is 2.18. The summed E-state index contributed by atoms with van der Waals surface area (Å²) in [6, 6.07) is 5.18. The number of H-pyrrole nitrogens is 1. The predicted octanol–water partition coefficient (Wildman–Crippen LogP) is 1.69. The van der Waals surface area contributed by atoms with Gasteiger partial charge in [-0.1, -0.05) is 0 Å². The lowest BCUT2D eigenvalue weighted by Crippen LogP contribution is -2.14. The maximum atomic E-state index is 11.7. The third-order valence-electron chi connectivity index (χ3n) is 1.96. The quantitative estimate of drug-likeness (QED) is 0.880. The molecule has 0 unspecified atom stereocenters. The van der Waals surface area contributed by atoms with Crippen LogP contribution < -0.4 is 5.32 Å². The molecule has 0 aliphatic carbocycles. The summed E-state index contributed by atoms with van der Waals surface area (Å²) in [5.74, 6) is -0.138. The van der Waals surface area contributed by atoms with Crippen molar-refractivity contribution in [1.82, 2.24) is 15.2 Å².